The molecular weight excluding hydrogens is 139 g/mol. The first-order chi connectivity index (χ1) is 3.00. The number of rotatable bonds is 0. The highest BCUT2D eigenvalue weighted by Gasteiger charge is 1.59. The van der Waals surface area contributed by atoms with Crippen molar-refractivity contribution in [1.82, 2.24) is 10.2 Å². The summed E-state index contributed by atoms with van der Waals surface area (Å²) in [6.45, 7) is 0. The molecule has 0 saturated heterocycles. The molecular formula is C4H9N2PS. The van der Waals surface area contributed by atoms with E-state index in [1.54, 1.807) is 12.4 Å². The van der Waals surface area contributed by atoms with Gasteiger partial charge in [0.05, 0.1) is 0 Å². The smallest absolute Gasteiger partial charge is 0.0496 e. The van der Waals surface area contributed by atoms with Crippen molar-refractivity contribution in [2.45, 2.75) is 0 Å². The van der Waals surface area contributed by atoms with Gasteiger partial charge in [0.15, 0.2) is 0 Å². The Balaban J connectivity index is 0. The molecule has 0 spiro atoms. The standard InChI is InChI=1S/C4H4N2.H3P.H2S/c1-2-4-6-5-3-1;;/h1-4H;1H3;1H2. The number of aromatic nitrogens is 2. The summed E-state index contributed by atoms with van der Waals surface area (Å²) in [5.41, 5.74) is 0. The second kappa shape index (κ2) is 6.86. The summed E-state index contributed by atoms with van der Waals surface area (Å²) in [6.07, 6.45) is 3.28. The van der Waals surface area contributed by atoms with E-state index in [-0.39, 0.29) is 23.4 Å². The van der Waals surface area contributed by atoms with E-state index in [2.05, 4.69) is 10.2 Å². The maximum Gasteiger partial charge on any atom is 0.0496 e. The third-order valence-electron chi connectivity index (χ3n) is 0.483. The lowest BCUT2D eigenvalue weighted by atomic mass is 10.6. The summed E-state index contributed by atoms with van der Waals surface area (Å²) in [5.74, 6) is 0. The van der Waals surface area contributed by atoms with E-state index in [0.29, 0.717) is 0 Å². The molecule has 46 valence electrons. The molecule has 8 heavy (non-hydrogen) atoms. The molecule has 0 aromatic carbocycles. The first-order valence-electron chi connectivity index (χ1n) is 1.72. The third-order valence-corrected chi connectivity index (χ3v) is 0.483. The highest BCUT2D eigenvalue weighted by molar-refractivity contribution is 7.59. The van der Waals surface area contributed by atoms with Gasteiger partial charge < -0.3 is 0 Å². The molecule has 4 heteroatoms. The van der Waals surface area contributed by atoms with Gasteiger partial charge in [-0.3, -0.25) is 0 Å². The van der Waals surface area contributed by atoms with Gasteiger partial charge in [0.2, 0.25) is 0 Å². The molecule has 1 aromatic rings. The molecule has 0 N–H and O–H groups in total. The Morgan fingerprint density at radius 1 is 0.875 bits per heavy atom. The molecule has 2 nitrogen and oxygen atoms in total. The largest absolute Gasteiger partial charge is 0.197 e. The Hall–Kier alpha value is -0.140. The summed E-state index contributed by atoms with van der Waals surface area (Å²) in [4.78, 5) is 0. The van der Waals surface area contributed by atoms with Gasteiger partial charge in [0.1, 0.15) is 0 Å². The molecule has 1 unspecified atom stereocenters. The lowest BCUT2D eigenvalue weighted by Crippen LogP contribution is -1.69. The lowest BCUT2D eigenvalue weighted by Gasteiger charge is -1.69. The van der Waals surface area contributed by atoms with E-state index in [4.69, 9.17) is 0 Å². The molecule has 0 aliphatic carbocycles. The Bertz CT molecular complexity index is 86.0. The van der Waals surface area contributed by atoms with Crippen molar-refractivity contribution in [1.29, 1.82) is 0 Å². The first kappa shape index (κ1) is 10.8. The van der Waals surface area contributed by atoms with Gasteiger partial charge in [-0.1, -0.05) is 0 Å². The van der Waals surface area contributed by atoms with Crippen molar-refractivity contribution in [3.8, 4) is 0 Å². The molecule has 0 saturated carbocycles. The summed E-state index contributed by atoms with van der Waals surface area (Å²) in [5, 5.41) is 7.07. The van der Waals surface area contributed by atoms with Crippen LogP contribution in [0.2, 0.25) is 0 Å². The zero-order chi connectivity index (χ0) is 4.24. The Morgan fingerprint density at radius 2 is 1.25 bits per heavy atom. The minimum absolute atomic E-state index is 0. The molecule has 0 amide bonds. The van der Waals surface area contributed by atoms with Crippen LogP contribution in [-0.4, -0.2) is 10.2 Å². The van der Waals surface area contributed by atoms with Crippen LogP contribution in [0.15, 0.2) is 24.5 Å². The fourth-order valence-corrected chi connectivity index (χ4v) is 0.253. The van der Waals surface area contributed by atoms with Gasteiger partial charge in [-0.05, 0) is 12.1 Å². The van der Waals surface area contributed by atoms with E-state index in [0.717, 1.165) is 0 Å². The van der Waals surface area contributed by atoms with Crippen LogP contribution in [0.5, 0.6) is 0 Å². The van der Waals surface area contributed by atoms with E-state index >= 15 is 0 Å². The minimum Gasteiger partial charge on any atom is -0.197 e. The second-order valence-corrected chi connectivity index (χ2v) is 0.914. The number of hydrogen-bond donors (Lipinski definition) is 0. The molecule has 0 fully saturated rings. The van der Waals surface area contributed by atoms with Gasteiger partial charge in [-0.2, -0.15) is 33.6 Å². The van der Waals surface area contributed by atoms with Crippen LogP contribution in [0.4, 0.5) is 0 Å². The van der Waals surface area contributed by atoms with Gasteiger partial charge in [-0.15, -0.1) is 0 Å². The Morgan fingerprint density at radius 3 is 1.38 bits per heavy atom. The Labute approximate surface area is 58.8 Å². The molecule has 1 rings (SSSR count). The highest BCUT2D eigenvalue weighted by atomic mass is 32.1. The van der Waals surface area contributed by atoms with Crippen molar-refractivity contribution >= 4 is 23.4 Å². The second-order valence-electron chi connectivity index (χ2n) is 0.914. The quantitative estimate of drug-likeness (QED) is 0.505. The van der Waals surface area contributed by atoms with Crippen LogP contribution >= 0.6 is 23.4 Å². The molecule has 1 atom stereocenters. The van der Waals surface area contributed by atoms with Crippen molar-refractivity contribution in [3.63, 3.8) is 0 Å². The van der Waals surface area contributed by atoms with Crippen molar-refractivity contribution < 1.29 is 0 Å². The predicted octanol–water partition coefficient (Wildman–Crippen LogP) is 0.647. The normalized spacial score (nSPS) is 6.00. The van der Waals surface area contributed by atoms with Gasteiger partial charge in [0, 0.05) is 12.4 Å². The lowest BCUT2D eigenvalue weighted by molar-refractivity contribution is 1.03. The maximum atomic E-state index is 3.53. The topological polar surface area (TPSA) is 25.8 Å². The molecule has 0 aliphatic heterocycles. The van der Waals surface area contributed by atoms with Crippen molar-refractivity contribution in [2.24, 2.45) is 0 Å². The molecule has 1 heterocycles. The van der Waals surface area contributed by atoms with Crippen LogP contribution in [0.25, 0.3) is 0 Å². The zero-order valence-corrected chi connectivity index (χ0v) is 6.83. The van der Waals surface area contributed by atoms with Crippen LogP contribution in [0, 0.1) is 0 Å². The van der Waals surface area contributed by atoms with Crippen LogP contribution in [-0.2, 0) is 0 Å². The fraction of sp³-hybridized carbons (Fsp3) is 0. The van der Waals surface area contributed by atoms with E-state index in [1.165, 1.54) is 0 Å². The van der Waals surface area contributed by atoms with E-state index in [9.17, 15) is 0 Å². The Kier molecular flexibility index (Phi) is 9.24. The van der Waals surface area contributed by atoms with Gasteiger partial charge in [0.25, 0.3) is 0 Å². The SMILES string of the molecule is P.S.c1ccnnc1. The molecule has 0 aliphatic rings. The van der Waals surface area contributed by atoms with Crippen molar-refractivity contribution in [3.05, 3.63) is 24.5 Å². The van der Waals surface area contributed by atoms with E-state index in [1.807, 2.05) is 12.1 Å². The van der Waals surface area contributed by atoms with E-state index < -0.39 is 0 Å². The van der Waals surface area contributed by atoms with Crippen molar-refractivity contribution in [2.75, 3.05) is 0 Å². The third kappa shape index (κ3) is 4.03. The van der Waals surface area contributed by atoms with Crippen LogP contribution in [0.3, 0.4) is 0 Å². The summed E-state index contributed by atoms with van der Waals surface area (Å²) in [6, 6.07) is 3.65. The van der Waals surface area contributed by atoms with Gasteiger partial charge >= 0.3 is 0 Å². The van der Waals surface area contributed by atoms with Crippen LogP contribution in [0.1, 0.15) is 0 Å². The molecule has 0 radical (unpaired) electrons. The highest BCUT2D eigenvalue weighted by Crippen LogP contribution is 1.68. The summed E-state index contributed by atoms with van der Waals surface area (Å²) in [7, 11) is 0. The summed E-state index contributed by atoms with van der Waals surface area (Å²) < 4.78 is 0. The minimum atomic E-state index is 0. The predicted molar refractivity (Wildman–Crippen MR) is 43.5 cm³/mol. The van der Waals surface area contributed by atoms with Gasteiger partial charge in [-0.25, -0.2) is 0 Å². The molecule has 0 bridgehead atoms. The number of nitrogens with zero attached hydrogens (tertiary/aromatic N) is 2. The average Bonchev–Trinajstić information content (AvgIpc) is 1.72. The van der Waals surface area contributed by atoms with Crippen LogP contribution < -0.4 is 0 Å². The zero-order valence-electron chi connectivity index (χ0n) is 4.41. The monoisotopic (exact) mass is 148 g/mol. The number of hydrogen-bond acceptors (Lipinski definition) is 2. The fourth-order valence-electron chi connectivity index (χ4n) is 0.253. The summed E-state index contributed by atoms with van der Waals surface area (Å²) >= 11 is 0. The molecule has 1 aromatic heterocycles. The maximum absolute atomic E-state index is 3.53. The average molecular weight is 148 g/mol. The first-order valence-corrected chi connectivity index (χ1v) is 1.72.